The molecule has 0 radical (unpaired) electrons. The van der Waals surface area contributed by atoms with Crippen molar-refractivity contribution in [2.45, 2.75) is 32.2 Å². The second kappa shape index (κ2) is 6.83. The minimum atomic E-state index is 0.214. The molecule has 3 heteroatoms. The number of aryl methyl sites for hydroxylation is 1. The summed E-state index contributed by atoms with van der Waals surface area (Å²) in [5.41, 5.74) is 2.09. The first-order valence-electron chi connectivity index (χ1n) is 7.09. The van der Waals surface area contributed by atoms with Gasteiger partial charge >= 0.3 is 0 Å². The summed E-state index contributed by atoms with van der Waals surface area (Å²) in [4.78, 5) is 14.5. The molecule has 3 nitrogen and oxygen atoms in total. The molecule has 1 fully saturated rings. The van der Waals surface area contributed by atoms with Crippen molar-refractivity contribution in [1.29, 1.82) is 0 Å². The van der Waals surface area contributed by atoms with Crippen molar-refractivity contribution in [3.8, 4) is 0 Å². The van der Waals surface area contributed by atoms with E-state index in [0.717, 1.165) is 18.5 Å². The van der Waals surface area contributed by atoms with E-state index >= 15 is 0 Å². The molecule has 1 saturated carbocycles. The second-order valence-electron chi connectivity index (χ2n) is 5.17. The Morgan fingerprint density at radius 3 is 2.53 bits per heavy atom. The monoisotopic (exact) mass is 261 g/mol. The van der Waals surface area contributed by atoms with Crippen molar-refractivity contribution in [1.82, 2.24) is 4.90 Å². The van der Waals surface area contributed by atoms with Crippen LogP contribution in [0.1, 0.15) is 35.7 Å². The van der Waals surface area contributed by atoms with Gasteiger partial charge in [-0.05, 0) is 24.8 Å². The van der Waals surface area contributed by atoms with E-state index in [0.29, 0.717) is 19.2 Å². The lowest BCUT2D eigenvalue weighted by Crippen LogP contribution is -2.34. The minimum Gasteiger partial charge on any atom is -0.383 e. The van der Waals surface area contributed by atoms with Crippen molar-refractivity contribution >= 4 is 5.78 Å². The van der Waals surface area contributed by atoms with E-state index in [1.807, 2.05) is 24.3 Å². The van der Waals surface area contributed by atoms with Crippen molar-refractivity contribution in [2.24, 2.45) is 0 Å². The van der Waals surface area contributed by atoms with E-state index in [2.05, 4.69) is 11.8 Å². The summed E-state index contributed by atoms with van der Waals surface area (Å²) < 4.78 is 5.11. The Kier molecular flexibility index (Phi) is 5.11. The number of rotatable bonds is 8. The normalized spacial score (nSPS) is 14.9. The number of Topliss-reactive ketones (excluding diaryl/α,β-unsaturated/α-hetero) is 1. The third-order valence-electron chi connectivity index (χ3n) is 3.68. The Hall–Kier alpha value is -1.19. The molecule has 104 valence electrons. The van der Waals surface area contributed by atoms with Crippen LogP contribution in [0.25, 0.3) is 0 Å². The van der Waals surface area contributed by atoms with Gasteiger partial charge in [-0.1, -0.05) is 31.2 Å². The summed E-state index contributed by atoms with van der Waals surface area (Å²) in [6.07, 6.45) is 3.44. The summed E-state index contributed by atoms with van der Waals surface area (Å²) in [6, 6.07) is 8.58. The Labute approximate surface area is 115 Å². The largest absolute Gasteiger partial charge is 0.383 e. The van der Waals surface area contributed by atoms with Gasteiger partial charge in [-0.2, -0.15) is 0 Å². The van der Waals surface area contributed by atoms with Gasteiger partial charge in [-0.15, -0.1) is 0 Å². The maximum atomic E-state index is 12.3. The number of carbonyl (C=O) groups is 1. The fourth-order valence-corrected chi connectivity index (χ4v) is 2.24. The molecule has 0 unspecified atom stereocenters. The highest BCUT2D eigenvalue weighted by atomic mass is 16.5. The first-order chi connectivity index (χ1) is 9.24. The molecule has 1 aromatic rings. The molecule has 0 heterocycles. The van der Waals surface area contributed by atoms with Gasteiger partial charge in [0.1, 0.15) is 0 Å². The van der Waals surface area contributed by atoms with E-state index in [-0.39, 0.29) is 5.78 Å². The van der Waals surface area contributed by atoms with Crippen LogP contribution in [-0.4, -0.2) is 43.5 Å². The number of hydrogen-bond acceptors (Lipinski definition) is 3. The van der Waals surface area contributed by atoms with Crippen LogP contribution < -0.4 is 0 Å². The first kappa shape index (κ1) is 14.2. The van der Waals surface area contributed by atoms with Crippen molar-refractivity contribution in [3.63, 3.8) is 0 Å². The van der Waals surface area contributed by atoms with Crippen LogP contribution in [0.4, 0.5) is 0 Å². The standard InChI is InChI=1S/C16H23NO2/c1-3-13-4-6-14(7-5-13)16(18)12-17(10-11-19-2)15-8-9-15/h4-7,15H,3,8-12H2,1-2H3. The molecule has 0 bridgehead atoms. The average molecular weight is 261 g/mol. The van der Waals surface area contributed by atoms with Gasteiger partial charge in [0.15, 0.2) is 5.78 Å². The molecule has 0 aliphatic heterocycles. The lowest BCUT2D eigenvalue weighted by Gasteiger charge is -2.20. The quantitative estimate of drug-likeness (QED) is 0.674. The predicted octanol–water partition coefficient (Wildman–Crippen LogP) is 2.54. The van der Waals surface area contributed by atoms with Gasteiger partial charge in [0.05, 0.1) is 13.2 Å². The van der Waals surface area contributed by atoms with Crippen molar-refractivity contribution in [2.75, 3.05) is 26.8 Å². The second-order valence-corrected chi connectivity index (χ2v) is 5.17. The number of hydrogen-bond donors (Lipinski definition) is 0. The molecule has 0 amide bonds. The number of ether oxygens (including phenoxy) is 1. The Morgan fingerprint density at radius 2 is 2.00 bits per heavy atom. The summed E-state index contributed by atoms with van der Waals surface area (Å²) in [5.74, 6) is 0.214. The summed E-state index contributed by atoms with van der Waals surface area (Å²) in [6.45, 7) is 4.18. The molecular weight excluding hydrogens is 238 g/mol. The molecule has 0 saturated heterocycles. The maximum absolute atomic E-state index is 12.3. The lowest BCUT2D eigenvalue weighted by atomic mass is 10.1. The van der Waals surface area contributed by atoms with Crippen molar-refractivity contribution in [3.05, 3.63) is 35.4 Å². The molecule has 0 aromatic heterocycles. The zero-order chi connectivity index (χ0) is 13.7. The molecule has 0 N–H and O–H groups in total. The zero-order valence-electron chi connectivity index (χ0n) is 11.9. The van der Waals surface area contributed by atoms with Crippen LogP contribution in [0.5, 0.6) is 0 Å². The third-order valence-corrected chi connectivity index (χ3v) is 3.68. The van der Waals surface area contributed by atoms with Crippen LogP contribution in [-0.2, 0) is 11.2 Å². The fraction of sp³-hybridized carbons (Fsp3) is 0.562. The van der Waals surface area contributed by atoms with Gasteiger partial charge in [-0.3, -0.25) is 9.69 Å². The Bertz CT molecular complexity index is 409. The molecule has 0 spiro atoms. The van der Waals surface area contributed by atoms with Gasteiger partial charge in [-0.25, -0.2) is 0 Å². The van der Waals surface area contributed by atoms with Crippen LogP contribution in [0, 0.1) is 0 Å². The number of carbonyl (C=O) groups excluding carboxylic acids is 1. The summed E-state index contributed by atoms with van der Waals surface area (Å²) in [7, 11) is 1.70. The molecule has 1 aliphatic carbocycles. The number of ketones is 1. The van der Waals surface area contributed by atoms with Gasteiger partial charge in [0.25, 0.3) is 0 Å². The van der Waals surface area contributed by atoms with E-state index in [1.54, 1.807) is 7.11 Å². The molecule has 0 atom stereocenters. The number of benzene rings is 1. The molecule has 19 heavy (non-hydrogen) atoms. The summed E-state index contributed by atoms with van der Waals surface area (Å²) in [5, 5.41) is 0. The molecular formula is C16H23NO2. The van der Waals surface area contributed by atoms with Crippen LogP contribution in [0.3, 0.4) is 0 Å². The predicted molar refractivity (Wildman–Crippen MR) is 76.6 cm³/mol. The van der Waals surface area contributed by atoms with Crippen molar-refractivity contribution < 1.29 is 9.53 Å². The van der Waals surface area contributed by atoms with E-state index in [4.69, 9.17) is 4.74 Å². The number of nitrogens with zero attached hydrogens (tertiary/aromatic N) is 1. The minimum absolute atomic E-state index is 0.214. The van der Waals surface area contributed by atoms with E-state index in [9.17, 15) is 4.79 Å². The van der Waals surface area contributed by atoms with E-state index in [1.165, 1.54) is 18.4 Å². The molecule has 1 aliphatic rings. The molecule has 2 rings (SSSR count). The topological polar surface area (TPSA) is 29.5 Å². The SMILES string of the molecule is CCc1ccc(C(=O)CN(CCOC)C2CC2)cc1. The highest BCUT2D eigenvalue weighted by Gasteiger charge is 2.30. The van der Waals surface area contributed by atoms with Gasteiger partial charge in [0, 0.05) is 25.3 Å². The zero-order valence-corrected chi connectivity index (χ0v) is 11.9. The Balaban J connectivity index is 1.93. The first-order valence-corrected chi connectivity index (χ1v) is 7.09. The average Bonchev–Trinajstić information content (AvgIpc) is 3.28. The maximum Gasteiger partial charge on any atom is 0.176 e. The third kappa shape index (κ3) is 4.15. The smallest absolute Gasteiger partial charge is 0.176 e. The Morgan fingerprint density at radius 1 is 1.32 bits per heavy atom. The van der Waals surface area contributed by atoms with E-state index < -0.39 is 0 Å². The number of methoxy groups -OCH3 is 1. The molecule has 1 aromatic carbocycles. The van der Waals surface area contributed by atoms with Crippen LogP contribution in [0.2, 0.25) is 0 Å². The van der Waals surface area contributed by atoms with Crippen LogP contribution in [0.15, 0.2) is 24.3 Å². The van der Waals surface area contributed by atoms with Gasteiger partial charge in [0.2, 0.25) is 0 Å². The highest BCUT2D eigenvalue weighted by molar-refractivity contribution is 5.97. The summed E-state index contributed by atoms with van der Waals surface area (Å²) >= 11 is 0. The van der Waals surface area contributed by atoms with Gasteiger partial charge < -0.3 is 4.74 Å². The fourth-order valence-electron chi connectivity index (χ4n) is 2.24. The van der Waals surface area contributed by atoms with Crippen LogP contribution >= 0.6 is 0 Å². The lowest BCUT2D eigenvalue weighted by molar-refractivity contribution is 0.0886. The highest BCUT2D eigenvalue weighted by Crippen LogP contribution is 2.26.